The van der Waals surface area contributed by atoms with Crippen molar-refractivity contribution in [1.82, 2.24) is 0 Å². The summed E-state index contributed by atoms with van der Waals surface area (Å²) >= 11 is 6.28. The highest BCUT2D eigenvalue weighted by molar-refractivity contribution is 6.51. The molecule has 2 aliphatic heterocycles. The predicted molar refractivity (Wildman–Crippen MR) is 117 cm³/mol. The molecule has 5 rings (SSSR count). The highest BCUT2D eigenvalue weighted by atomic mass is 35.5. The van der Waals surface area contributed by atoms with Crippen molar-refractivity contribution in [3.05, 3.63) is 82.3 Å². The Kier molecular flexibility index (Phi) is 4.90. The van der Waals surface area contributed by atoms with Crippen molar-refractivity contribution in [3.63, 3.8) is 0 Å². The van der Waals surface area contributed by atoms with E-state index >= 15 is 0 Å². The van der Waals surface area contributed by atoms with Crippen molar-refractivity contribution in [1.29, 1.82) is 0 Å². The fraction of sp³-hybridized carbons (Fsp3) is 0.167. The molecule has 3 heterocycles. The van der Waals surface area contributed by atoms with Gasteiger partial charge in [-0.05, 0) is 55.0 Å². The first-order chi connectivity index (χ1) is 15.5. The number of benzene rings is 2. The quantitative estimate of drug-likeness (QED) is 0.354. The Hall–Kier alpha value is -3.71. The maximum Gasteiger partial charge on any atom is 0.300 e. The van der Waals surface area contributed by atoms with Crippen molar-refractivity contribution in [2.75, 3.05) is 18.1 Å². The molecule has 1 amide bonds. The maximum absolute atomic E-state index is 13.1. The number of amides is 1. The van der Waals surface area contributed by atoms with Crippen LogP contribution in [0.25, 0.3) is 5.76 Å². The number of halogens is 1. The number of fused-ring (bicyclic) bond motifs is 1. The number of carbonyl (C=O) groups excluding carboxylic acids is 2. The molecule has 7 nitrogen and oxygen atoms in total. The average Bonchev–Trinajstić information content (AvgIpc) is 3.42. The smallest absolute Gasteiger partial charge is 0.300 e. The Bertz CT molecular complexity index is 1260. The van der Waals surface area contributed by atoms with E-state index in [-0.39, 0.29) is 11.3 Å². The number of anilines is 1. The van der Waals surface area contributed by atoms with Crippen LogP contribution in [0.3, 0.4) is 0 Å². The number of hydrogen-bond donors (Lipinski definition) is 1. The molecule has 1 fully saturated rings. The van der Waals surface area contributed by atoms with E-state index in [4.69, 9.17) is 25.5 Å². The topological polar surface area (TPSA) is 89.2 Å². The Morgan fingerprint density at radius 2 is 1.84 bits per heavy atom. The molecule has 1 unspecified atom stereocenters. The molecule has 3 aromatic rings. The molecule has 1 saturated heterocycles. The van der Waals surface area contributed by atoms with E-state index in [1.54, 1.807) is 48.5 Å². The first kappa shape index (κ1) is 20.2. The van der Waals surface area contributed by atoms with Gasteiger partial charge in [-0.1, -0.05) is 17.7 Å². The van der Waals surface area contributed by atoms with Crippen LogP contribution in [-0.2, 0) is 9.59 Å². The van der Waals surface area contributed by atoms with Crippen LogP contribution in [-0.4, -0.2) is 30.0 Å². The number of aryl methyl sites for hydroxylation is 1. The molecule has 162 valence electrons. The molecule has 32 heavy (non-hydrogen) atoms. The lowest BCUT2D eigenvalue weighted by atomic mass is 9.99. The van der Waals surface area contributed by atoms with Crippen LogP contribution >= 0.6 is 11.6 Å². The summed E-state index contributed by atoms with van der Waals surface area (Å²) < 4.78 is 16.7. The lowest BCUT2D eigenvalue weighted by molar-refractivity contribution is -0.132. The minimum Gasteiger partial charge on any atom is -0.507 e. The minimum atomic E-state index is -0.961. The third-order valence-electron chi connectivity index (χ3n) is 5.51. The molecular weight excluding hydrogens is 434 g/mol. The highest BCUT2D eigenvalue weighted by Crippen LogP contribution is 2.44. The van der Waals surface area contributed by atoms with Crippen molar-refractivity contribution >= 4 is 34.7 Å². The zero-order valence-electron chi connectivity index (χ0n) is 17.0. The Balaban J connectivity index is 1.67. The number of Topliss-reactive ketones (excluding diaryl/α,β-unsaturated/α-hetero) is 1. The molecule has 1 atom stereocenters. The molecule has 0 spiro atoms. The minimum absolute atomic E-state index is 0.0849. The number of furan rings is 1. The van der Waals surface area contributed by atoms with E-state index < -0.39 is 17.7 Å². The molecular formula is C24H18ClNO6. The Morgan fingerprint density at radius 3 is 2.56 bits per heavy atom. The second-order valence-corrected chi connectivity index (χ2v) is 7.88. The number of carbonyl (C=O) groups is 2. The summed E-state index contributed by atoms with van der Waals surface area (Å²) in [5.41, 5.74) is 1.49. The third-order valence-corrected chi connectivity index (χ3v) is 5.91. The van der Waals surface area contributed by atoms with Gasteiger partial charge >= 0.3 is 0 Å². The summed E-state index contributed by atoms with van der Waals surface area (Å²) in [4.78, 5) is 27.5. The monoisotopic (exact) mass is 451 g/mol. The second-order valence-electron chi connectivity index (χ2n) is 7.48. The first-order valence-corrected chi connectivity index (χ1v) is 10.3. The van der Waals surface area contributed by atoms with E-state index in [1.165, 1.54) is 11.2 Å². The van der Waals surface area contributed by atoms with Gasteiger partial charge in [0.05, 0.1) is 11.8 Å². The second kappa shape index (κ2) is 7.76. The number of rotatable bonds is 3. The van der Waals surface area contributed by atoms with E-state index in [9.17, 15) is 14.7 Å². The molecule has 0 saturated carbocycles. The molecule has 8 heteroatoms. The van der Waals surface area contributed by atoms with Crippen molar-refractivity contribution in [2.45, 2.75) is 13.0 Å². The summed E-state index contributed by atoms with van der Waals surface area (Å²) in [6, 6.07) is 12.3. The van der Waals surface area contributed by atoms with Gasteiger partial charge in [0.15, 0.2) is 11.5 Å². The summed E-state index contributed by atoms with van der Waals surface area (Å²) in [6.45, 7) is 2.65. The maximum atomic E-state index is 13.1. The molecule has 2 aliphatic rings. The van der Waals surface area contributed by atoms with Crippen LogP contribution < -0.4 is 14.4 Å². The van der Waals surface area contributed by atoms with Crippen molar-refractivity contribution < 1.29 is 28.6 Å². The summed E-state index contributed by atoms with van der Waals surface area (Å²) in [5, 5.41) is 11.6. The SMILES string of the molecule is Cc1ccc(N2C(=O)C(=O)/C(=C(\O)c3ccc4c(c3)OCCO4)C2c2ccco2)cc1Cl. The van der Waals surface area contributed by atoms with Gasteiger partial charge in [-0.2, -0.15) is 0 Å². The zero-order valence-corrected chi connectivity index (χ0v) is 17.8. The molecule has 1 N–H and O–H groups in total. The van der Waals surface area contributed by atoms with E-state index in [2.05, 4.69) is 0 Å². The Labute approximate surface area is 188 Å². The Morgan fingerprint density at radius 1 is 1.06 bits per heavy atom. The molecule has 0 aliphatic carbocycles. The van der Waals surface area contributed by atoms with Gasteiger partial charge in [0.2, 0.25) is 0 Å². The fourth-order valence-electron chi connectivity index (χ4n) is 3.89. The van der Waals surface area contributed by atoms with E-state index in [0.717, 1.165) is 5.56 Å². The number of ether oxygens (including phenoxy) is 2. The van der Waals surface area contributed by atoms with Gasteiger partial charge in [0, 0.05) is 16.3 Å². The summed E-state index contributed by atoms with van der Waals surface area (Å²) in [6.07, 6.45) is 1.45. The molecule has 1 aromatic heterocycles. The normalized spacial score (nSPS) is 19.4. The average molecular weight is 452 g/mol. The van der Waals surface area contributed by atoms with Crippen LogP contribution in [0.5, 0.6) is 11.5 Å². The predicted octanol–water partition coefficient (Wildman–Crippen LogP) is 4.64. The highest BCUT2D eigenvalue weighted by Gasteiger charge is 2.48. The van der Waals surface area contributed by atoms with E-state index in [1.807, 2.05) is 6.92 Å². The van der Waals surface area contributed by atoms with Gasteiger partial charge in [-0.15, -0.1) is 0 Å². The van der Waals surface area contributed by atoms with Crippen LogP contribution in [0.2, 0.25) is 5.02 Å². The third kappa shape index (κ3) is 3.22. The molecule has 0 radical (unpaired) electrons. The van der Waals surface area contributed by atoms with Crippen molar-refractivity contribution in [2.24, 2.45) is 0 Å². The lowest BCUT2D eigenvalue weighted by Crippen LogP contribution is -2.29. The number of ketones is 1. The zero-order chi connectivity index (χ0) is 22.4. The number of nitrogens with zero attached hydrogens (tertiary/aromatic N) is 1. The largest absolute Gasteiger partial charge is 0.507 e. The fourth-order valence-corrected chi connectivity index (χ4v) is 4.07. The number of aliphatic hydroxyl groups is 1. The van der Waals surface area contributed by atoms with Gasteiger partial charge in [-0.25, -0.2) is 0 Å². The van der Waals surface area contributed by atoms with Crippen molar-refractivity contribution in [3.8, 4) is 11.5 Å². The molecule has 0 bridgehead atoms. The standard InChI is InChI=1S/C24H18ClNO6/c1-13-4-6-15(12-16(13)25)26-21(18-3-2-8-30-18)20(23(28)24(26)29)22(27)14-5-7-17-19(11-14)32-10-9-31-17/h2-8,11-12,21,27H,9-10H2,1H3/b22-20-. The van der Waals surface area contributed by atoms with Crippen LogP contribution in [0.15, 0.2) is 64.8 Å². The number of hydrogen-bond acceptors (Lipinski definition) is 6. The summed E-state index contributed by atoms with van der Waals surface area (Å²) in [5.74, 6) is -0.608. The molecule has 2 aromatic carbocycles. The van der Waals surface area contributed by atoms with Gasteiger partial charge < -0.3 is 19.0 Å². The van der Waals surface area contributed by atoms with Crippen LogP contribution in [0, 0.1) is 6.92 Å². The van der Waals surface area contributed by atoms with E-state index in [0.29, 0.717) is 46.7 Å². The summed E-state index contributed by atoms with van der Waals surface area (Å²) in [7, 11) is 0. The number of aliphatic hydroxyl groups excluding tert-OH is 1. The van der Waals surface area contributed by atoms with Gasteiger partial charge in [-0.3, -0.25) is 14.5 Å². The first-order valence-electron chi connectivity index (χ1n) is 9.96. The van der Waals surface area contributed by atoms with Gasteiger partial charge in [0.25, 0.3) is 11.7 Å². The van der Waals surface area contributed by atoms with Crippen LogP contribution in [0.1, 0.15) is 22.9 Å². The van der Waals surface area contributed by atoms with Gasteiger partial charge in [0.1, 0.15) is 30.8 Å². The van der Waals surface area contributed by atoms with Crippen LogP contribution in [0.4, 0.5) is 5.69 Å². The lowest BCUT2D eigenvalue weighted by Gasteiger charge is -2.24.